The van der Waals surface area contributed by atoms with E-state index in [-0.39, 0.29) is 11.4 Å². The summed E-state index contributed by atoms with van der Waals surface area (Å²) >= 11 is 0. The molecule has 0 radical (unpaired) electrons. The molecule has 0 saturated carbocycles. The number of nitro groups is 1. The lowest BCUT2D eigenvalue weighted by Crippen LogP contribution is -2.19. The molecule has 2 rings (SSSR count). The van der Waals surface area contributed by atoms with Crippen molar-refractivity contribution < 1.29 is 4.92 Å². The maximum Gasteiger partial charge on any atom is 0.292 e. The average Bonchev–Trinajstić information content (AvgIpc) is 2.74. The Labute approximate surface area is 94.0 Å². The zero-order chi connectivity index (χ0) is 11.7. The highest BCUT2D eigenvalue weighted by atomic mass is 16.6. The number of benzene rings is 1. The number of anilines is 2. The van der Waals surface area contributed by atoms with E-state index < -0.39 is 4.92 Å². The van der Waals surface area contributed by atoms with Gasteiger partial charge in [-0.15, -0.1) is 0 Å². The maximum atomic E-state index is 10.7. The van der Waals surface area contributed by atoms with E-state index in [1.54, 1.807) is 6.07 Å². The van der Waals surface area contributed by atoms with E-state index in [9.17, 15) is 10.1 Å². The van der Waals surface area contributed by atoms with E-state index in [2.05, 4.69) is 4.90 Å². The minimum absolute atomic E-state index is 0.000414. The first-order valence-corrected chi connectivity index (χ1v) is 5.39. The van der Waals surface area contributed by atoms with E-state index in [1.165, 1.54) is 18.9 Å². The number of hydrogen-bond acceptors (Lipinski definition) is 4. The van der Waals surface area contributed by atoms with Gasteiger partial charge in [-0.25, -0.2) is 0 Å². The Balaban J connectivity index is 2.41. The van der Waals surface area contributed by atoms with Crippen LogP contribution in [0.1, 0.15) is 18.4 Å². The van der Waals surface area contributed by atoms with Crippen LogP contribution in [0.25, 0.3) is 0 Å². The summed E-state index contributed by atoms with van der Waals surface area (Å²) in [6, 6.07) is 3.30. The molecule has 1 fully saturated rings. The van der Waals surface area contributed by atoms with Crippen molar-refractivity contribution in [2.24, 2.45) is 0 Å². The highest BCUT2D eigenvalue weighted by Crippen LogP contribution is 2.33. The van der Waals surface area contributed by atoms with Gasteiger partial charge in [0.1, 0.15) is 5.69 Å². The lowest BCUT2D eigenvalue weighted by atomic mass is 10.1. The van der Waals surface area contributed by atoms with Gasteiger partial charge in [-0.1, -0.05) is 0 Å². The number of hydrogen-bond donors (Lipinski definition) is 1. The van der Waals surface area contributed by atoms with Gasteiger partial charge in [-0.2, -0.15) is 0 Å². The van der Waals surface area contributed by atoms with E-state index in [0.717, 1.165) is 24.3 Å². The van der Waals surface area contributed by atoms with Crippen molar-refractivity contribution in [3.8, 4) is 0 Å². The van der Waals surface area contributed by atoms with Crippen molar-refractivity contribution in [3.63, 3.8) is 0 Å². The van der Waals surface area contributed by atoms with Gasteiger partial charge in [-0.3, -0.25) is 10.1 Å². The van der Waals surface area contributed by atoms with E-state index in [4.69, 9.17) is 5.73 Å². The third kappa shape index (κ3) is 1.68. The van der Waals surface area contributed by atoms with Crippen LogP contribution in [0, 0.1) is 17.0 Å². The first kappa shape index (κ1) is 10.7. The molecule has 0 spiro atoms. The summed E-state index contributed by atoms with van der Waals surface area (Å²) in [5, 5.41) is 10.7. The van der Waals surface area contributed by atoms with Gasteiger partial charge in [0.25, 0.3) is 5.69 Å². The fraction of sp³-hybridized carbons (Fsp3) is 0.455. The zero-order valence-electron chi connectivity index (χ0n) is 9.27. The van der Waals surface area contributed by atoms with Crippen LogP contribution in [0.3, 0.4) is 0 Å². The number of nitrogen functional groups attached to an aromatic ring is 1. The number of rotatable bonds is 2. The Bertz CT molecular complexity index is 425. The molecule has 1 aromatic carbocycles. The Morgan fingerprint density at radius 3 is 2.56 bits per heavy atom. The summed E-state index contributed by atoms with van der Waals surface area (Å²) in [5.74, 6) is 0. The van der Waals surface area contributed by atoms with Crippen molar-refractivity contribution in [3.05, 3.63) is 27.8 Å². The second kappa shape index (κ2) is 4.00. The molecule has 5 heteroatoms. The number of nitrogens with two attached hydrogens (primary N) is 1. The van der Waals surface area contributed by atoms with Crippen LogP contribution < -0.4 is 10.6 Å². The maximum absolute atomic E-state index is 10.7. The summed E-state index contributed by atoms with van der Waals surface area (Å²) in [4.78, 5) is 12.5. The lowest BCUT2D eigenvalue weighted by molar-refractivity contribution is -0.383. The zero-order valence-corrected chi connectivity index (χ0v) is 9.27. The van der Waals surface area contributed by atoms with Gasteiger partial charge < -0.3 is 10.6 Å². The van der Waals surface area contributed by atoms with E-state index in [0.29, 0.717) is 0 Å². The second-order valence-corrected chi connectivity index (χ2v) is 4.09. The molecule has 16 heavy (non-hydrogen) atoms. The summed E-state index contributed by atoms with van der Waals surface area (Å²) in [5.41, 5.74) is 7.91. The summed E-state index contributed by atoms with van der Waals surface area (Å²) in [6.07, 6.45) is 2.35. The molecule has 1 saturated heterocycles. The lowest BCUT2D eigenvalue weighted by Gasteiger charge is -2.20. The van der Waals surface area contributed by atoms with Crippen LogP contribution in [-0.4, -0.2) is 18.0 Å². The van der Waals surface area contributed by atoms with Gasteiger partial charge in [0.05, 0.1) is 4.92 Å². The molecule has 1 aliphatic rings. The van der Waals surface area contributed by atoms with Gasteiger partial charge in [0.15, 0.2) is 0 Å². The third-order valence-electron chi connectivity index (χ3n) is 3.11. The van der Waals surface area contributed by atoms with Crippen molar-refractivity contribution in [1.29, 1.82) is 0 Å². The van der Waals surface area contributed by atoms with Gasteiger partial charge >= 0.3 is 0 Å². The smallest absolute Gasteiger partial charge is 0.292 e. The first-order valence-electron chi connectivity index (χ1n) is 5.39. The van der Waals surface area contributed by atoms with Crippen LogP contribution in [-0.2, 0) is 0 Å². The molecule has 0 bridgehead atoms. The van der Waals surface area contributed by atoms with Crippen molar-refractivity contribution in [2.45, 2.75) is 19.8 Å². The largest absolute Gasteiger partial charge is 0.393 e. The fourth-order valence-corrected chi connectivity index (χ4v) is 2.16. The molecular formula is C11H15N3O2. The van der Waals surface area contributed by atoms with Crippen LogP contribution in [0.15, 0.2) is 12.1 Å². The Morgan fingerprint density at radius 1 is 1.38 bits per heavy atom. The molecule has 5 nitrogen and oxygen atoms in total. The molecular weight excluding hydrogens is 206 g/mol. The molecule has 2 N–H and O–H groups in total. The van der Waals surface area contributed by atoms with Gasteiger partial charge in [0, 0.05) is 30.4 Å². The average molecular weight is 221 g/mol. The summed E-state index contributed by atoms with van der Waals surface area (Å²) < 4.78 is 0. The molecule has 0 unspecified atom stereocenters. The molecule has 0 amide bonds. The van der Waals surface area contributed by atoms with Crippen LogP contribution in [0.5, 0.6) is 0 Å². The summed E-state index contributed by atoms with van der Waals surface area (Å²) in [6.45, 7) is 3.87. The Morgan fingerprint density at radius 2 is 2.00 bits per heavy atom. The minimum atomic E-state index is -0.434. The van der Waals surface area contributed by atoms with Gasteiger partial charge in [0.2, 0.25) is 0 Å². The molecule has 1 aromatic rings. The quantitative estimate of drug-likeness (QED) is 0.471. The van der Waals surface area contributed by atoms with Crippen molar-refractivity contribution in [2.75, 3.05) is 23.7 Å². The number of nitrogens with zero attached hydrogens (tertiary/aromatic N) is 2. The molecule has 0 aromatic heterocycles. The predicted molar refractivity (Wildman–Crippen MR) is 63.7 cm³/mol. The van der Waals surface area contributed by atoms with E-state index >= 15 is 0 Å². The highest BCUT2D eigenvalue weighted by molar-refractivity contribution is 5.73. The minimum Gasteiger partial charge on any atom is -0.393 e. The second-order valence-electron chi connectivity index (χ2n) is 4.09. The van der Waals surface area contributed by atoms with Crippen LogP contribution >= 0.6 is 0 Å². The Hall–Kier alpha value is -1.78. The molecule has 1 heterocycles. The topological polar surface area (TPSA) is 72.4 Å². The third-order valence-corrected chi connectivity index (χ3v) is 3.11. The molecule has 1 aliphatic heterocycles. The molecule has 0 atom stereocenters. The normalized spacial score (nSPS) is 15.4. The van der Waals surface area contributed by atoms with Gasteiger partial charge in [-0.05, 0) is 25.8 Å². The first-order chi connectivity index (χ1) is 7.61. The molecule has 86 valence electrons. The fourth-order valence-electron chi connectivity index (χ4n) is 2.16. The SMILES string of the molecule is Cc1c(N2CCCC2)ccc([N+](=O)[O-])c1N. The standard InChI is InChI=1S/C11H15N3O2/c1-8-9(13-6-2-3-7-13)4-5-10(11(8)12)14(15)16/h4-5H,2-3,6-7,12H2,1H3. The monoisotopic (exact) mass is 221 g/mol. The van der Waals surface area contributed by atoms with E-state index in [1.807, 2.05) is 6.92 Å². The molecule has 0 aliphatic carbocycles. The van der Waals surface area contributed by atoms with Crippen LogP contribution in [0.4, 0.5) is 17.1 Å². The van der Waals surface area contributed by atoms with Crippen molar-refractivity contribution in [1.82, 2.24) is 0 Å². The van der Waals surface area contributed by atoms with Crippen molar-refractivity contribution >= 4 is 17.1 Å². The predicted octanol–water partition coefficient (Wildman–Crippen LogP) is 2.09. The Kier molecular flexibility index (Phi) is 2.68. The number of nitro benzene ring substituents is 1. The summed E-state index contributed by atoms with van der Waals surface area (Å²) in [7, 11) is 0. The van der Waals surface area contributed by atoms with Crippen LogP contribution in [0.2, 0.25) is 0 Å². The highest BCUT2D eigenvalue weighted by Gasteiger charge is 2.20.